The highest BCUT2D eigenvalue weighted by Crippen LogP contribution is 2.46. The summed E-state index contributed by atoms with van der Waals surface area (Å²) in [5, 5.41) is 18.1. The zero-order valence-corrected chi connectivity index (χ0v) is 5.79. The Morgan fingerprint density at radius 3 is 2.70 bits per heavy atom. The van der Waals surface area contributed by atoms with Crippen LogP contribution in [0.4, 0.5) is 0 Å². The largest absolute Gasteiger partial charge is 0.393 e. The van der Waals surface area contributed by atoms with Gasteiger partial charge in [0.1, 0.15) is 0 Å². The molecule has 1 aliphatic heterocycles. The Labute approximate surface area is 59.6 Å². The Bertz CT molecular complexity index is 144. The number of hydrogen-bond acceptors (Lipinski definition) is 3. The molecular formula is C7H12O3. The molecule has 3 unspecified atom stereocenters. The lowest BCUT2D eigenvalue weighted by molar-refractivity contribution is -0.181. The van der Waals surface area contributed by atoms with E-state index in [-0.39, 0.29) is 18.1 Å². The van der Waals surface area contributed by atoms with Gasteiger partial charge in [0.15, 0.2) is 6.29 Å². The third-order valence-electron chi connectivity index (χ3n) is 2.67. The smallest absolute Gasteiger partial charge is 0.158 e. The van der Waals surface area contributed by atoms with E-state index in [1.165, 1.54) is 0 Å². The van der Waals surface area contributed by atoms with Gasteiger partial charge in [0, 0.05) is 5.92 Å². The van der Waals surface area contributed by atoms with Gasteiger partial charge in [0.25, 0.3) is 0 Å². The maximum absolute atomic E-state index is 9.18. The van der Waals surface area contributed by atoms with Crippen molar-refractivity contribution in [3.8, 4) is 0 Å². The summed E-state index contributed by atoms with van der Waals surface area (Å²) in [5.74, 6) is 0.284. The van der Waals surface area contributed by atoms with Crippen molar-refractivity contribution < 1.29 is 14.9 Å². The van der Waals surface area contributed by atoms with Crippen molar-refractivity contribution in [3.63, 3.8) is 0 Å². The predicted octanol–water partition coefficient (Wildman–Crippen LogP) is -0.134. The number of hydrogen-bond donors (Lipinski definition) is 2. The normalized spacial score (nSPS) is 52.2. The molecule has 3 heteroatoms. The van der Waals surface area contributed by atoms with Crippen molar-refractivity contribution in [1.29, 1.82) is 0 Å². The lowest BCUT2D eigenvalue weighted by Gasteiger charge is -2.26. The van der Waals surface area contributed by atoms with E-state index in [2.05, 4.69) is 0 Å². The number of fused-ring (bicyclic) bond motifs is 2. The maximum atomic E-state index is 9.18. The van der Waals surface area contributed by atoms with E-state index in [0.29, 0.717) is 0 Å². The van der Waals surface area contributed by atoms with Gasteiger partial charge in [-0.15, -0.1) is 0 Å². The van der Waals surface area contributed by atoms with Gasteiger partial charge in [-0.05, 0) is 19.3 Å². The second-order valence-corrected chi connectivity index (χ2v) is 3.35. The van der Waals surface area contributed by atoms with E-state index >= 15 is 0 Å². The SMILES string of the molecule is OCC12CCC(C1)C(O)O2. The highest BCUT2D eigenvalue weighted by Gasteiger charge is 2.50. The summed E-state index contributed by atoms with van der Waals surface area (Å²) >= 11 is 0. The summed E-state index contributed by atoms with van der Waals surface area (Å²) in [6.45, 7) is 0.0561. The molecule has 3 nitrogen and oxygen atoms in total. The fourth-order valence-electron chi connectivity index (χ4n) is 2.01. The Kier molecular flexibility index (Phi) is 1.27. The van der Waals surface area contributed by atoms with E-state index in [9.17, 15) is 5.11 Å². The molecule has 0 spiro atoms. The maximum Gasteiger partial charge on any atom is 0.158 e. The summed E-state index contributed by atoms with van der Waals surface area (Å²) < 4.78 is 5.20. The van der Waals surface area contributed by atoms with Gasteiger partial charge < -0.3 is 14.9 Å². The van der Waals surface area contributed by atoms with Crippen LogP contribution >= 0.6 is 0 Å². The first-order valence-corrected chi connectivity index (χ1v) is 3.72. The molecule has 2 aliphatic rings. The molecular weight excluding hydrogens is 132 g/mol. The summed E-state index contributed by atoms with van der Waals surface area (Å²) in [7, 11) is 0. The second-order valence-electron chi connectivity index (χ2n) is 3.35. The molecule has 0 aromatic carbocycles. The minimum absolute atomic E-state index is 0.0561. The summed E-state index contributed by atoms with van der Waals surface area (Å²) in [6, 6.07) is 0. The van der Waals surface area contributed by atoms with Crippen molar-refractivity contribution >= 4 is 0 Å². The number of ether oxygens (including phenoxy) is 1. The number of aliphatic hydroxyl groups is 2. The molecule has 10 heavy (non-hydrogen) atoms. The summed E-state index contributed by atoms with van der Waals surface area (Å²) in [6.07, 6.45) is 2.14. The van der Waals surface area contributed by atoms with Gasteiger partial charge in [-0.1, -0.05) is 0 Å². The van der Waals surface area contributed by atoms with Crippen LogP contribution in [-0.4, -0.2) is 28.7 Å². The molecule has 1 aliphatic carbocycles. The molecule has 1 saturated heterocycles. The first kappa shape index (κ1) is 6.58. The Morgan fingerprint density at radius 2 is 2.40 bits per heavy atom. The fraction of sp³-hybridized carbons (Fsp3) is 1.00. The standard InChI is InChI=1S/C7H12O3/c8-4-7-2-1-5(3-7)6(9)10-7/h5-6,8-9H,1-4H2. The van der Waals surface area contributed by atoms with Gasteiger partial charge in [-0.2, -0.15) is 0 Å². The van der Waals surface area contributed by atoms with Crippen LogP contribution in [0.5, 0.6) is 0 Å². The zero-order valence-electron chi connectivity index (χ0n) is 5.79. The molecule has 58 valence electrons. The molecule has 2 bridgehead atoms. The van der Waals surface area contributed by atoms with Gasteiger partial charge in [0.2, 0.25) is 0 Å². The number of rotatable bonds is 1. The second kappa shape index (κ2) is 1.94. The van der Waals surface area contributed by atoms with Crippen LogP contribution in [0.2, 0.25) is 0 Å². The minimum atomic E-state index is -0.610. The number of aliphatic hydroxyl groups excluding tert-OH is 2. The van der Waals surface area contributed by atoms with Crippen molar-refractivity contribution in [2.75, 3.05) is 6.61 Å². The summed E-state index contributed by atoms with van der Waals surface area (Å²) in [4.78, 5) is 0. The lowest BCUT2D eigenvalue weighted by Crippen LogP contribution is -2.34. The average molecular weight is 144 g/mol. The van der Waals surface area contributed by atoms with Gasteiger partial charge in [0.05, 0.1) is 12.2 Å². The molecule has 1 heterocycles. The lowest BCUT2D eigenvalue weighted by atomic mass is 10.1. The van der Waals surface area contributed by atoms with E-state index in [1.54, 1.807) is 0 Å². The van der Waals surface area contributed by atoms with Crippen LogP contribution in [0.15, 0.2) is 0 Å². The van der Waals surface area contributed by atoms with Crippen molar-refractivity contribution in [3.05, 3.63) is 0 Å². The fourth-order valence-corrected chi connectivity index (χ4v) is 2.01. The van der Waals surface area contributed by atoms with E-state index in [4.69, 9.17) is 9.84 Å². The van der Waals surface area contributed by atoms with Gasteiger partial charge in [-0.25, -0.2) is 0 Å². The average Bonchev–Trinajstić information content (AvgIpc) is 2.45. The zero-order chi connectivity index (χ0) is 7.19. The third-order valence-corrected chi connectivity index (χ3v) is 2.67. The molecule has 0 amide bonds. The van der Waals surface area contributed by atoms with Crippen molar-refractivity contribution in [2.24, 2.45) is 5.92 Å². The molecule has 0 aromatic rings. The highest BCUT2D eigenvalue weighted by molar-refractivity contribution is 4.97. The van der Waals surface area contributed by atoms with Crippen LogP contribution in [0, 0.1) is 5.92 Å². The van der Waals surface area contributed by atoms with Crippen LogP contribution < -0.4 is 0 Å². The molecule has 2 rings (SSSR count). The topological polar surface area (TPSA) is 49.7 Å². The van der Waals surface area contributed by atoms with Crippen LogP contribution in [0.25, 0.3) is 0 Å². The van der Waals surface area contributed by atoms with Crippen LogP contribution in [-0.2, 0) is 4.74 Å². The van der Waals surface area contributed by atoms with Gasteiger partial charge in [-0.3, -0.25) is 0 Å². The molecule has 1 saturated carbocycles. The summed E-state index contributed by atoms with van der Waals surface area (Å²) in [5.41, 5.74) is -0.371. The first-order chi connectivity index (χ1) is 4.76. The van der Waals surface area contributed by atoms with E-state index < -0.39 is 6.29 Å². The Morgan fingerprint density at radius 1 is 1.60 bits per heavy atom. The predicted molar refractivity (Wildman–Crippen MR) is 34.2 cm³/mol. The van der Waals surface area contributed by atoms with Crippen LogP contribution in [0.1, 0.15) is 19.3 Å². The molecule has 2 fully saturated rings. The monoisotopic (exact) mass is 144 g/mol. The van der Waals surface area contributed by atoms with Gasteiger partial charge >= 0.3 is 0 Å². The Hall–Kier alpha value is -0.120. The minimum Gasteiger partial charge on any atom is -0.393 e. The molecule has 3 atom stereocenters. The molecule has 0 radical (unpaired) electrons. The molecule has 2 N–H and O–H groups in total. The first-order valence-electron chi connectivity index (χ1n) is 3.72. The molecule has 0 aromatic heterocycles. The van der Waals surface area contributed by atoms with Crippen LogP contribution in [0.3, 0.4) is 0 Å². The quantitative estimate of drug-likeness (QED) is 0.539. The van der Waals surface area contributed by atoms with E-state index in [0.717, 1.165) is 19.3 Å². The Balaban J connectivity index is 2.14. The third kappa shape index (κ3) is 0.713. The van der Waals surface area contributed by atoms with E-state index in [1.807, 2.05) is 0 Å². The highest BCUT2D eigenvalue weighted by atomic mass is 16.6. The van der Waals surface area contributed by atoms with Crippen molar-refractivity contribution in [1.82, 2.24) is 0 Å². The van der Waals surface area contributed by atoms with Crippen molar-refractivity contribution in [2.45, 2.75) is 31.2 Å².